The number of H-pyrrole nitrogens is 1. The van der Waals surface area contributed by atoms with Crippen LogP contribution in [0.2, 0.25) is 0 Å². The van der Waals surface area contributed by atoms with Crippen LogP contribution in [-0.4, -0.2) is 47.5 Å². The molecule has 0 unspecified atom stereocenters. The van der Waals surface area contributed by atoms with E-state index in [2.05, 4.69) is 10.3 Å². The summed E-state index contributed by atoms with van der Waals surface area (Å²) < 4.78 is 4.93. The molecule has 3 aromatic rings. The molecule has 1 saturated heterocycles. The summed E-state index contributed by atoms with van der Waals surface area (Å²) in [5.74, 6) is -0.894. The first-order valence-electron chi connectivity index (χ1n) is 10.4. The van der Waals surface area contributed by atoms with Crippen molar-refractivity contribution in [1.29, 1.82) is 0 Å². The molecule has 2 atom stereocenters. The average Bonchev–Trinajstić information content (AvgIpc) is 3.45. The highest BCUT2D eigenvalue weighted by Crippen LogP contribution is 2.33. The second-order valence-electron chi connectivity index (χ2n) is 7.75. The van der Waals surface area contributed by atoms with E-state index in [1.807, 2.05) is 30.5 Å². The maximum atomic E-state index is 13.2. The normalized spacial score (nSPS) is 16.7. The van der Waals surface area contributed by atoms with Gasteiger partial charge in [0.05, 0.1) is 12.0 Å². The smallest absolute Gasteiger partial charge is 0.328 e. The number of carbonyl (C=O) groups is 2. The van der Waals surface area contributed by atoms with Crippen LogP contribution >= 0.6 is 0 Å². The number of hydrogen-bond acceptors (Lipinski definition) is 6. The zero-order valence-corrected chi connectivity index (χ0v) is 17.6. The molecule has 0 aliphatic carbocycles. The third-order valence-corrected chi connectivity index (χ3v) is 5.84. The van der Waals surface area contributed by atoms with E-state index in [-0.39, 0.29) is 18.0 Å². The number of nitrogens with zero attached hydrogens (tertiary/aromatic N) is 2. The minimum atomic E-state index is -0.875. The van der Waals surface area contributed by atoms with E-state index in [1.165, 1.54) is 13.2 Å². The van der Waals surface area contributed by atoms with Crippen LogP contribution in [0, 0.1) is 10.1 Å². The molecule has 9 nitrogen and oxygen atoms in total. The molecule has 1 amide bonds. The van der Waals surface area contributed by atoms with Gasteiger partial charge in [-0.1, -0.05) is 30.3 Å². The highest BCUT2D eigenvalue weighted by molar-refractivity contribution is 5.91. The number of fused-ring (bicyclic) bond motifs is 1. The van der Waals surface area contributed by atoms with E-state index in [0.717, 1.165) is 22.9 Å². The summed E-state index contributed by atoms with van der Waals surface area (Å²) in [5, 5.41) is 15.3. The van der Waals surface area contributed by atoms with Crippen LogP contribution < -0.4 is 10.2 Å². The van der Waals surface area contributed by atoms with Crippen LogP contribution in [0.3, 0.4) is 0 Å². The molecule has 166 valence electrons. The van der Waals surface area contributed by atoms with E-state index in [4.69, 9.17) is 4.74 Å². The number of hydrogen-bond donors (Lipinski definition) is 2. The molecule has 1 fully saturated rings. The zero-order valence-electron chi connectivity index (χ0n) is 17.6. The molecule has 0 bridgehead atoms. The van der Waals surface area contributed by atoms with Crippen molar-refractivity contribution in [2.24, 2.45) is 0 Å². The fourth-order valence-corrected chi connectivity index (χ4v) is 4.31. The monoisotopic (exact) mass is 436 g/mol. The number of aromatic amines is 1. The minimum absolute atomic E-state index is 0.0458. The Labute approximate surface area is 184 Å². The number of esters is 1. The average molecular weight is 436 g/mol. The van der Waals surface area contributed by atoms with E-state index in [1.54, 1.807) is 23.1 Å². The van der Waals surface area contributed by atoms with Crippen LogP contribution in [0.25, 0.3) is 10.9 Å². The first kappa shape index (κ1) is 21.4. The number of rotatable bonds is 7. The summed E-state index contributed by atoms with van der Waals surface area (Å²) in [7, 11) is 1.28. The lowest BCUT2D eigenvalue weighted by molar-refractivity contribution is -0.384. The molecule has 1 aromatic heterocycles. The predicted molar refractivity (Wildman–Crippen MR) is 119 cm³/mol. The van der Waals surface area contributed by atoms with Gasteiger partial charge in [0.25, 0.3) is 5.69 Å². The van der Waals surface area contributed by atoms with Gasteiger partial charge in [-0.15, -0.1) is 0 Å². The number of benzene rings is 2. The van der Waals surface area contributed by atoms with Crippen molar-refractivity contribution in [1.82, 2.24) is 10.3 Å². The third kappa shape index (κ3) is 4.14. The van der Waals surface area contributed by atoms with Crippen molar-refractivity contribution < 1.29 is 19.2 Å². The van der Waals surface area contributed by atoms with Crippen LogP contribution in [-0.2, 0) is 20.7 Å². The molecule has 0 saturated carbocycles. The highest BCUT2D eigenvalue weighted by atomic mass is 16.6. The van der Waals surface area contributed by atoms with Crippen LogP contribution in [0.15, 0.2) is 54.7 Å². The van der Waals surface area contributed by atoms with Crippen molar-refractivity contribution in [3.05, 3.63) is 70.4 Å². The number of carbonyl (C=O) groups excluding carboxylic acids is 2. The lowest BCUT2D eigenvalue weighted by Crippen LogP contribution is -2.50. The van der Waals surface area contributed by atoms with Crippen molar-refractivity contribution >= 4 is 34.2 Å². The van der Waals surface area contributed by atoms with Gasteiger partial charge in [-0.05, 0) is 30.5 Å². The fraction of sp³-hybridized carbons (Fsp3) is 0.304. The number of methoxy groups -OCH3 is 1. The molecule has 2 aromatic carbocycles. The molecule has 2 heterocycles. The lowest BCUT2D eigenvalue weighted by Gasteiger charge is -2.27. The molecule has 9 heteroatoms. The Morgan fingerprint density at radius 1 is 1.25 bits per heavy atom. The van der Waals surface area contributed by atoms with Crippen molar-refractivity contribution in [2.75, 3.05) is 18.6 Å². The number of anilines is 1. The summed E-state index contributed by atoms with van der Waals surface area (Å²) >= 11 is 0. The summed E-state index contributed by atoms with van der Waals surface area (Å²) in [6, 6.07) is 12.6. The largest absolute Gasteiger partial charge is 0.467 e. The van der Waals surface area contributed by atoms with Gasteiger partial charge in [-0.2, -0.15) is 0 Å². The maximum absolute atomic E-state index is 13.2. The summed E-state index contributed by atoms with van der Waals surface area (Å²) in [4.78, 5) is 41.6. The van der Waals surface area contributed by atoms with E-state index in [9.17, 15) is 19.7 Å². The van der Waals surface area contributed by atoms with E-state index < -0.39 is 23.0 Å². The SMILES string of the molecule is COC(=O)[C@H](Cc1c[nH]c2ccccc12)NC(=O)[C@@H]1CCCN1c1ccccc1[N+](=O)[O-]. The molecule has 0 radical (unpaired) electrons. The standard InChI is InChI=1S/C23H24N4O5/c1-32-23(29)18(13-15-14-24-17-8-3-2-7-16(15)17)25-22(28)21-11-6-12-26(21)19-9-4-5-10-20(19)27(30)31/h2-5,7-10,14,18,21,24H,6,11-13H2,1H3,(H,25,28)/t18-,21-/m0/s1. The van der Waals surface area contributed by atoms with Gasteiger partial charge in [-0.3, -0.25) is 14.9 Å². The number of nitrogens with one attached hydrogen (secondary N) is 2. The van der Waals surface area contributed by atoms with Gasteiger partial charge in [0.1, 0.15) is 17.8 Å². The molecule has 0 spiro atoms. The lowest BCUT2D eigenvalue weighted by atomic mass is 10.0. The quantitative estimate of drug-likeness (QED) is 0.334. The first-order valence-corrected chi connectivity index (χ1v) is 10.4. The Morgan fingerprint density at radius 3 is 2.78 bits per heavy atom. The Morgan fingerprint density at radius 2 is 2.00 bits per heavy atom. The minimum Gasteiger partial charge on any atom is -0.467 e. The third-order valence-electron chi connectivity index (χ3n) is 5.84. The Balaban J connectivity index is 1.55. The molecular weight excluding hydrogens is 412 g/mol. The molecule has 2 N–H and O–H groups in total. The van der Waals surface area contributed by atoms with Crippen LogP contribution in [0.5, 0.6) is 0 Å². The summed E-state index contributed by atoms with van der Waals surface area (Å²) in [6.45, 7) is 0.522. The zero-order chi connectivity index (χ0) is 22.7. The fourth-order valence-electron chi connectivity index (χ4n) is 4.31. The number of ether oxygens (including phenoxy) is 1. The summed E-state index contributed by atoms with van der Waals surface area (Å²) in [6.07, 6.45) is 3.34. The highest BCUT2D eigenvalue weighted by Gasteiger charge is 2.36. The summed E-state index contributed by atoms with van der Waals surface area (Å²) in [5.41, 5.74) is 2.19. The molecular formula is C23H24N4O5. The van der Waals surface area contributed by atoms with E-state index in [0.29, 0.717) is 18.7 Å². The van der Waals surface area contributed by atoms with Crippen molar-refractivity contribution in [2.45, 2.75) is 31.3 Å². The van der Waals surface area contributed by atoms with Crippen LogP contribution in [0.4, 0.5) is 11.4 Å². The van der Waals surface area contributed by atoms with Gasteiger partial charge in [0, 0.05) is 36.1 Å². The topological polar surface area (TPSA) is 118 Å². The molecule has 1 aliphatic heterocycles. The second kappa shape index (κ2) is 9.09. The Kier molecular flexibility index (Phi) is 6.07. The number of para-hydroxylation sites is 3. The van der Waals surface area contributed by atoms with E-state index >= 15 is 0 Å². The molecule has 1 aliphatic rings. The van der Waals surface area contributed by atoms with Crippen molar-refractivity contribution in [3.63, 3.8) is 0 Å². The second-order valence-corrected chi connectivity index (χ2v) is 7.75. The number of nitro benzene ring substituents is 1. The van der Waals surface area contributed by atoms with Gasteiger partial charge in [0.2, 0.25) is 5.91 Å². The maximum Gasteiger partial charge on any atom is 0.328 e. The van der Waals surface area contributed by atoms with Gasteiger partial charge >= 0.3 is 5.97 Å². The molecule has 32 heavy (non-hydrogen) atoms. The predicted octanol–water partition coefficient (Wildman–Crippen LogP) is 2.95. The van der Waals surface area contributed by atoms with Gasteiger partial charge < -0.3 is 19.9 Å². The van der Waals surface area contributed by atoms with Crippen molar-refractivity contribution in [3.8, 4) is 0 Å². The van der Waals surface area contributed by atoms with Gasteiger partial charge in [-0.25, -0.2) is 4.79 Å². The Bertz CT molecular complexity index is 1160. The Hall–Kier alpha value is -3.88. The number of aromatic nitrogens is 1. The number of amides is 1. The molecule has 4 rings (SSSR count). The number of nitro groups is 1. The first-order chi connectivity index (χ1) is 15.5. The van der Waals surface area contributed by atoms with Crippen LogP contribution in [0.1, 0.15) is 18.4 Å². The van der Waals surface area contributed by atoms with Gasteiger partial charge in [0.15, 0.2) is 0 Å².